The second-order valence-electron chi connectivity index (χ2n) is 6.76. The first-order chi connectivity index (χ1) is 9.59. The SMILES string of the molecule is O=C(O)C1CCC(O)(CNC2CCCCCCC2)CC1. The maximum absolute atomic E-state index is 10.9. The van der Waals surface area contributed by atoms with E-state index in [4.69, 9.17) is 5.11 Å². The van der Waals surface area contributed by atoms with E-state index in [1.807, 2.05) is 0 Å². The molecule has 0 bridgehead atoms. The van der Waals surface area contributed by atoms with Gasteiger partial charge >= 0.3 is 5.97 Å². The molecule has 2 aliphatic carbocycles. The highest BCUT2D eigenvalue weighted by molar-refractivity contribution is 5.70. The Morgan fingerprint density at radius 2 is 1.55 bits per heavy atom. The molecule has 2 rings (SSSR count). The van der Waals surface area contributed by atoms with Crippen LogP contribution in [0.4, 0.5) is 0 Å². The lowest BCUT2D eigenvalue weighted by molar-refractivity contribution is -0.144. The fraction of sp³-hybridized carbons (Fsp3) is 0.938. The summed E-state index contributed by atoms with van der Waals surface area (Å²) in [5.74, 6) is -0.961. The molecule has 4 heteroatoms. The van der Waals surface area contributed by atoms with Gasteiger partial charge in [0.15, 0.2) is 0 Å². The van der Waals surface area contributed by atoms with Crippen LogP contribution in [0.5, 0.6) is 0 Å². The van der Waals surface area contributed by atoms with Crippen LogP contribution in [0.1, 0.15) is 70.6 Å². The lowest BCUT2D eigenvalue weighted by atomic mass is 9.78. The van der Waals surface area contributed by atoms with Crippen LogP contribution in [0.25, 0.3) is 0 Å². The average molecular weight is 283 g/mol. The third kappa shape index (κ3) is 4.74. The fourth-order valence-corrected chi connectivity index (χ4v) is 3.57. The first-order valence-electron chi connectivity index (χ1n) is 8.28. The summed E-state index contributed by atoms with van der Waals surface area (Å²) in [5, 5.41) is 23.1. The first kappa shape index (κ1) is 15.8. The molecule has 4 nitrogen and oxygen atoms in total. The molecule has 20 heavy (non-hydrogen) atoms. The van der Waals surface area contributed by atoms with Crippen molar-refractivity contribution in [1.29, 1.82) is 0 Å². The van der Waals surface area contributed by atoms with Gasteiger partial charge in [0.25, 0.3) is 0 Å². The van der Waals surface area contributed by atoms with E-state index in [9.17, 15) is 9.90 Å². The van der Waals surface area contributed by atoms with Crippen LogP contribution in [-0.2, 0) is 4.79 Å². The van der Waals surface area contributed by atoms with E-state index in [-0.39, 0.29) is 5.92 Å². The Morgan fingerprint density at radius 1 is 1.00 bits per heavy atom. The predicted molar refractivity (Wildman–Crippen MR) is 78.7 cm³/mol. The van der Waals surface area contributed by atoms with Gasteiger partial charge in [-0.1, -0.05) is 32.1 Å². The van der Waals surface area contributed by atoms with Gasteiger partial charge < -0.3 is 15.5 Å². The van der Waals surface area contributed by atoms with E-state index in [1.54, 1.807) is 0 Å². The summed E-state index contributed by atoms with van der Waals surface area (Å²) in [6.45, 7) is 0.629. The molecule has 0 amide bonds. The van der Waals surface area contributed by atoms with Crippen molar-refractivity contribution in [3.05, 3.63) is 0 Å². The smallest absolute Gasteiger partial charge is 0.306 e. The number of nitrogens with one attached hydrogen (secondary N) is 1. The van der Waals surface area contributed by atoms with Gasteiger partial charge in [0.2, 0.25) is 0 Å². The average Bonchev–Trinajstić information content (AvgIpc) is 2.38. The van der Waals surface area contributed by atoms with Gasteiger partial charge in [-0.3, -0.25) is 4.79 Å². The number of aliphatic hydroxyl groups is 1. The second-order valence-corrected chi connectivity index (χ2v) is 6.76. The summed E-state index contributed by atoms with van der Waals surface area (Å²) in [6, 6.07) is 0.538. The largest absolute Gasteiger partial charge is 0.481 e. The minimum absolute atomic E-state index is 0.253. The normalized spacial score (nSPS) is 33.4. The van der Waals surface area contributed by atoms with Crippen molar-refractivity contribution in [2.75, 3.05) is 6.54 Å². The number of aliphatic carboxylic acids is 1. The lowest BCUT2D eigenvalue weighted by Gasteiger charge is -2.36. The van der Waals surface area contributed by atoms with E-state index < -0.39 is 11.6 Å². The zero-order valence-corrected chi connectivity index (χ0v) is 12.4. The Balaban J connectivity index is 1.73. The van der Waals surface area contributed by atoms with E-state index in [1.165, 1.54) is 44.9 Å². The summed E-state index contributed by atoms with van der Waals surface area (Å²) in [5.41, 5.74) is -0.686. The van der Waals surface area contributed by atoms with Crippen LogP contribution in [0.15, 0.2) is 0 Å². The van der Waals surface area contributed by atoms with Crippen LogP contribution < -0.4 is 5.32 Å². The molecular weight excluding hydrogens is 254 g/mol. The highest BCUT2D eigenvalue weighted by Gasteiger charge is 2.35. The molecule has 0 aromatic rings. The van der Waals surface area contributed by atoms with E-state index in [0.29, 0.717) is 38.3 Å². The number of hydrogen-bond donors (Lipinski definition) is 3. The van der Waals surface area contributed by atoms with Gasteiger partial charge in [0.05, 0.1) is 11.5 Å². The molecule has 0 unspecified atom stereocenters. The number of carboxylic acids is 1. The Bertz CT molecular complexity index is 303. The highest BCUT2D eigenvalue weighted by Crippen LogP contribution is 2.32. The van der Waals surface area contributed by atoms with Crippen molar-refractivity contribution < 1.29 is 15.0 Å². The van der Waals surface area contributed by atoms with Gasteiger partial charge in [-0.25, -0.2) is 0 Å². The highest BCUT2D eigenvalue weighted by atomic mass is 16.4. The molecule has 2 aliphatic rings. The molecule has 0 aromatic carbocycles. The van der Waals surface area contributed by atoms with Crippen molar-refractivity contribution in [2.45, 2.75) is 82.3 Å². The van der Waals surface area contributed by atoms with Crippen LogP contribution in [-0.4, -0.2) is 34.4 Å². The van der Waals surface area contributed by atoms with Crippen LogP contribution >= 0.6 is 0 Å². The molecule has 0 heterocycles. The van der Waals surface area contributed by atoms with Crippen LogP contribution in [0.2, 0.25) is 0 Å². The molecule has 0 aliphatic heterocycles. The molecule has 3 N–H and O–H groups in total. The summed E-state index contributed by atoms with van der Waals surface area (Å²) in [6.07, 6.45) is 11.5. The van der Waals surface area contributed by atoms with Crippen LogP contribution in [0, 0.1) is 5.92 Å². The van der Waals surface area contributed by atoms with Gasteiger partial charge in [0, 0.05) is 12.6 Å². The molecular formula is C16H29NO3. The minimum atomic E-state index is -0.708. The molecule has 0 atom stereocenters. The maximum atomic E-state index is 10.9. The third-order valence-corrected chi connectivity index (χ3v) is 5.09. The summed E-state index contributed by atoms with van der Waals surface area (Å²) < 4.78 is 0. The van der Waals surface area contributed by atoms with Crippen molar-refractivity contribution in [3.63, 3.8) is 0 Å². The standard InChI is InChI=1S/C16H29NO3/c18-15(19)13-8-10-16(20,11-9-13)12-17-14-6-4-2-1-3-5-7-14/h13-14,17,20H,1-12H2,(H,18,19). The second kappa shape index (κ2) is 7.41. The molecule has 0 radical (unpaired) electrons. The fourth-order valence-electron chi connectivity index (χ4n) is 3.57. The lowest BCUT2D eigenvalue weighted by Crippen LogP contribution is -2.47. The zero-order valence-electron chi connectivity index (χ0n) is 12.4. The predicted octanol–water partition coefficient (Wildman–Crippen LogP) is 2.69. The van der Waals surface area contributed by atoms with Gasteiger partial charge in [-0.05, 0) is 38.5 Å². The number of carbonyl (C=O) groups is 1. The molecule has 2 saturated carbocycles. The molecule has 0 saturated heterocycles. The number of rotatable bonds is 4. The van der Waals surface area contributed by atoms with Gasteiger partial charge in [-0.15, -0.1) is 0 Å². The van der Waals surface area contributed by atoms with Crippen molar-refractivity contribution >= 4 is 5.97 Å². The quantitative estimate of drug-likeness (QED) is 0.742. The Hall–Kier alpha value is -0.610. The Morgan fingerprint density at radius 3 is 2.10 bits per heavy atom. The Kier molecular flexibility index (Phi) is 5.85. The number of hydrogen-bond acceptors (Lipinski definition) is 3. The molecule has 116 valence electrons. The van der Waals surface area contributed by atoms with Crippen molar-refractivity contribution in [2.24, 2.45) is 5.92 Å². The molecule has 0 spiro atoms. The monoisotopic (exact) mass is 283 g/mol. The summed E-state index contributed by atoms with van der Waals surface area (Å²) in [7, 11) is 0. The topological polar surface area (TPSA) is 69.6 Å². The minimum Gasteiger partial charge on any atom is -0.481 e. The van der Waals surface area contributed by atoms with E-state index in [2.05, 4.69) is 5.32 Å². The van der Waals surface area contributed by atoms with Gasteiger partial charge in [-0.2, -0.15) is 0 Å². The molecule has 0 aromatic heterocycles. The van der Waals surface area contributed by atoms with Crippen LogP contribution in [0.3, 0.4) is 0 Å². The Labute approximate surface area is 122 Å². The maximum Gasteiger partial charge on any atom is 0.306 e. The summed E-state index contributed by atoms with van der Waals surface area (Å²) >= 11 is 0. The number of carboxylic acid groups (broad SMARTS) is 1. The van der Waals surface area contributed by atoms with E-state index >= 15 is 0 Å². The zero-order chi connectivity index (χ0) is 14.4. The first-order valence-corrected chi connectivity index (χ1v) is 8.28. The third-order valence-electron chi connectivity index (χ3n) is 5.09. The summed E-state index contributed by atoms with van der Waals surface area (Å²) in [4.78, 5) is 10.9. The molecule has 2 fully saturated rings. The van der Waals surface area contributed by atoms with Crippen molar-refractivity contribution in [1.82, 2.24) is 5.32 Å². The van der Waals surface area contributed by atoms with Crippen molar-refractivity contribution in [3.8, 4) is 0 Å². The van der Waals surface area contributed by atoms with Gasteiger partial charge in [0.1, 0.15) is 0 Å². The van der Waals surface area contributed by atoms with E-state index in [0.717, 1.165) is 0 Å².